The standard InChI is InChI=1S/C16H15F3N4O4S2/c1-27-13(24)8-21-11(7-12(20)16(17,18)19)14-22-15(28-23-14)9-4-3-5-10(6-9)29(2,25)26/h3-7,20-21H,8H2,1-2H3/b11-7-,20-12?. The predicted molar refractivity (Wildman–Crippen MR) is 100 cm³/mol. The summed E-state index contributed by atoms with van der Waals surface area (Å²) < 4.78 is 70.0. The molecule has 1 aromatic heterocycles. The van der Waals surface area contributed by atoms with E-state index in [4.69, 9.17) is 5.41 Å². The van der Waals surface area contributed by atoms with Gasteiger partial charge in [-0.25, -0.2) is 13.4 Å². The van der Waals surface area contributed by atoms with Crippen molar-refractivity contribution in [3.63, 3.8) is 0 Å². The summed E-state index contributed by atoms with van der Waals surface area (Å²) in [7, 11) is -2.36. The molecule has 0 amide bonds. The van der Waals surface area contributed by atoms with E-state index in [1.165, 1.54) is 18.2 Å². The van der Waals surface area contributed by atoms with Crippen LogP contribution >= 0.6 is 11.5 Å². The SMILES string of the molecule is COC(=O)CN/C(=C\C(=N)C(F)(F)F)c1nsc(-c2cccc(S(C)(=O)=O)c2)n1. The fraction of sp³-hybridized carbons (Fsp3) is 0.250. The first-order valence-electron chi connectivity index (χ1n) is 7.74. The number of ether oxygens (including phenoxy) is 1. The van der Waals surface area contributed by atoms with E-state index in [1.807, 2.05) is 0 Å². The number of hydrogen-bond acceptors (Lipinski definition) is 9. The zero-order valence-electron chi connectivity index (χ0n) is 15.1. The topological polar surface area (TPSA) is 122 Å². The third-order valence-electron chi connectivity index (χ3n) is 3.42. The molecule has 2 N–H and O–H groups in total. The van der Waals surface area contributed by atoms with Crippen molar-refractivity contribution in [3.8, 4) is 10.6 Å². The number of allylic oxidation sites excluding steroid dienone is 1. The van der Waals surface area contributed by atoms with Crippen LogP contribution in [-0.4, -0.2) is 55.5 Å². The van der Waals surface area contributed by atoms with Gasteiger partial charge < -0.3 is 10.1 Å². The summed E-state index contributed by atoms with van der Waals surface area (Å²) in [4.78, 5) is 15.5. The molecule has 0 saturated carbocycles. The number of halogens is 3. The van der Waals surface area contributed by atoms with Gasteiger partial charge in [0.05, 0.1) is 17.7 Å². The lowest BCUT2D eigenvalue weighted by Crippen LogP contribution is -2.26. The summed E-state index contributed by atoms with van der Waals surface area (Å²) in [6, 6.07) is 5.83. The van der Waals surface area contributed by atoms with E-state index in [1.54, 1.807) is 6.07 Å². The second kappa shape index (κ2) is 8.69. The molecule has 2 aromatic rings. The number of hydrogen-bond donors (Lipinski definition) is 2. The Labute approximate surface area is 168 Å². The van der Waals surface area contributed by atoms with Gasteiger partial charge in [0.2, 0.25) is 0 Å². The molecule has 29 heavy (non-hydrogen) atoms. The molecule has 1 aromatic carbocycles. The largest absolute Gasteiger partial charge is 0.468 e. The molecule has 2 rings (SSSR count). The van der Waals surface area contributed by atoms with E-state index in [0.29, 0.717) is 11.6 Å². The Morgan fingerprint density at radius 3 is 2.66 bits per heavy atom. The van der Waals surface area contributed by atoms with E-state index in [-0.39, 0.29) is 21.4 Å². The number of esters is 1. The van der Waals surface area contributed by atoms with Crippen molar-refractivity contribution < 1.29 is 31.1 Å². The minimum Gasteiger partial charge on any atom is -0.468 e. The summed E-state index contributed by atoms with van der Waals surface area (Å²) in [5.41, 5.74) is -1.57. The average Bonchev–Trinajstić information content (AvgIpc) is 3.13. The van der Waals surface area contributed by atoms with Gasteiger partial charge in [0, 0.05) is 11.8 Å². The third-order valence-corrected chi connectivity index (χ3v) is 5.30. The van der Waals surface area contributed by atoms with E-state index < -0.39 is 34.2 Å². The molecule has 8 nitrogen and oxygen atoms in total. The number of nitrogens with one attached hydrogen (secondary N) is 2. The maximum Gasteiger partial charge on any atom is 0.432 e. The summed E-state index contributed by atoms with van der Waals surface area (Å²) in [6.07, 6.45) is -3.40. The van der Waals surface area contributed by atoms with Gasteiger partial charge in [-0.1, -0.05) is 12.1 Å². The number of aromatic nitrogens is 2. The highest BCUT2D eigenvalue weighted by Crippen LogP contribution is 2.26. The number of carbonyl (C=O) groups is 1. The number of sulfone groups is 1. The lowest BCUT2D eigenvalue weighted by molar-refractivity contribution is -0.139. The highest BCUT2D eigenvalue weighted by atomic mass is 32.2. The second-order valence-electron chi connectivity index (χ2n) is 5.62. The molecular weight excluding hydrogens is 433 g/mol. The molecule has 0 radical (unpaired) electrons. The summed E-state index contributed by atoms with van der Waals surface area (Å²) in [5, 5.41) is 9.81. The first-order chi connectivity index (χ1) is 13.4. The van der Waals surface area contributed by atoms with Crippen molar-refractivity contribution in [1.82, 2.24) is 14.7 Å². The van der Waals surface area contributed by atoms with Crippen molar-refractivity contribution >= 4 is 38.7 Å². The Morgan fingerprint density at radius 2 is 2.07 bits per heavy atom. The second-order valence-corrected chi connectivity index (χ2v) is 8.39. The molecule has 156 valence electrons. The molecule has 0 spiro atoms. The molecule has 0 bridgehead atoms. The highest BCUT2D eigenvalue weighted by Gasteiger charge is 2.33. The minimum absolute atomic E-state index is 0.0465. The van der Waals surface area contributed by atoms with Gasteiger partial charge in [0.25, 0.3) is 0 Å². The maximum atomic E-state index is 12.7. The van der Waals surface area contributed by atoms with Crippen LogP contribution < -0.4 is 5.32 Å². The Morgan fingerprint density at radius 1 is 1.38 bits per heavy atom. The van der Waals surface area contributed by atoms with Crippen LogP contribution in [0.25, 0.3) is 16.3 Å². The zero-order chi connectivity index (χ0) is 21.8. The molecule has 0 aliphatic heterocycles. The van der Waals surface area contributed by atoms with Crippen molar-refractivity contribution in [2.24, 2.45) is 0 Å². The number of rotatable bonds is 7. The average molecular weight is 448 g/mol. The molecule has 13 heteroatoms. The monoisotopic (exact) mass is 448 g/mol. The van der Waals surface area contributed by atoms with E-state index in [0.717, 1.165) is 24.9 Å². The van der Waals surface area contributed by atoms with Crippen LogP contribution in [0.15, 0.2) is 35.2 Å². The fourth-order valence-electron chi connectivity index (χ4n) is 1.97. The van der Waals surface area contributed by atoms with Crippen LogP contribution in [0.4, 0.5) is 13.2 Å². The molecule has 0 fully saturated rings. The third kappa shape index (κ3) is 6.09. The fourth-order valence-corrected chi connectivity index (χ4v) is 3.31. The van der Waals surface area contributed by atoms with Crippen LogP contribution in [-0.2, 0) is 19.4 Å². The maximum absolute atomic E-state index is 12.7. The molecular formula is C16H15F3N4O4S2. The number of benzene rings is 1. The molecule has 0 aliphatic rings. The Bertz CT molecular complexity index is 1060. The number of alkyl halides is 3. The van der Waals surface area contributed by atoms with Gasteiger partial charge in [-0.05, 0) is 29.7 Å². The normalized spacial score (nSPS) is 12.5. The van der Waals surface area contributed by atoms with Gasteiger partial charge in [0.1, 0.15) is 17.3 Å². The van der Waals surface area contributed by atoms with Gasteiger partial charge in [0.15, 0.2) is 15.7 Å². The lowest BCUT2D eigenvalue weighted by atomic mass is 10.2. The summed E-state index contributed by atoms with van der Waals surface area (Å²) in [6.45, 7) is -0.467. The molecule has 0 saturated heterocycles. The zero-order valence-corrected chi connectivity index (χ0v) is 16.7. The van der Waals surface area contributed by atoms with Crippen LogP contribution in [0.2, 0.25) is 0 Å². The highest BCUT2D eigenvalue weighted by molar-refractivity contribution is 7.90. The first-order valence-corrected chi connectivity index (χ1v) is 10.4. The Kier molecular flexibility index (Phi) is 6.74. The minimum atomic E-state index is -4.90. The van der Waals surface area contributed by atoms with Crippen LogP contribution in [0.3, 0.4) is 0 Å². The van der Waals surface area contributed by atoms with Crippen LogP contribution in [0.5, 0.6) is 0 Å². The molecule has 1 heterocycles. The van der Waals surface area contributed by atoms with Crippen molar-refractivity contribution in [1.29, 1.82) is 5.41 Å². The molecule has 0 atom stereocenters. The summed E-state index contributed by atoms with van der Waals surface area (Å²) in [5.74, 6) is -0.932. The number of carbonyl (C=O) groups excluding carboxylic acids is 1. The Hall–Kier alpha value is -2.80. The smallest absolute Gasteiger partial charge is 0.432 e. The predicted octanol–water partition coefficient (Wildman–Crippen LogP) is 2.29. The van der Waals surface area contributed by atoms with Crippen molar-refractivity contribution in [2.45, 2.75) is 11.1 Å². The number of methoxy groups -OCH3 is 1. The van der Waals surface area contributed by atoms with Crippen molar-refractivity contribution in [3.05, 3.63) is 36.2 Å². The van der Waals surface area contributed by atoms with Gasteiger partial charge in [-0.2, -0.15) is 17.5 Å². The van der Waals surface area contributed by atoms with E-state index >= 15 is 0 Å². The van der Waals surface area contributed by atoms with Gasteiger partial charge in [-0.3, -0.25) is 10.2 Å². The summed E-state index contributed by atoms with van der Waals surface area (Å²) >= 11 is 0.820. The first kappa shape index (κ1) is 22.5. The quantitative estimate of drug-likeness (QED) is 0.492. The lowest BCUT2D eigenvalue weighted by Gasteiger charge is -2.09. The molecule has 0 aliphatic carbocycles. The molecule has 0 unspecified atom stereocenters. The van der Waals surface area contributed by atoms with E-state index in [2.05, 4.69) is 19.4 Å². The van der Waals surface area contributed by atoms with Gasteiger partial charge in [-0.15, -0.1) is 0 Å². The number of nitrogens with zero attached hydrogens (tertiary/aromatic N) is 2. The van der Waals surface area contributed by atoms with Crippen LogP contribution in [0.1, 0.15) is 5.82 Å². The van der Waals surface area contributed by atoms with Gasteiger partial charge >= 0.3 is 12.1 Å². The van der Waals surface area contributed by atoms with Crippen LogP contribution in [0, 0.1) is 5.41 Å². The van der Waals surface area contributed by atoms with Crippen molar-refractivity contribution in [2.75, 3.05) is 19.9 Å². The van der Waals surface area contributed by atoms with E-state index in [9.17, 15) is 26.4 Å². The Balaban J connectivity index is 2.41.